The normalized spacial score (nSPS) is 19.9. The fourth-order valence-corrected chi connectivity index (χ4v) is 2.29. The Morgan fingerprint density at radius 1 is 1.47 bits per heavy atom. The van der Waals surface area contributed by atoms with Crippen molar-refractivity contribution in [2.75, 3.05) is 13.7 Å². The molecule has 2 rings (SSSR count). The number of nitrogens with one attached hydrogen (secondary N) is 1. The van der Waals surface area contributed by atoms with Crippen molar-refractivity contribution < 1.29 is 9.53 Å². The molecule has 0 spiro atoms. The Kier molecular flexibility index (Phi) is 4.15. The largest absolute Gasteiger partial charge is 0.469 e. The highest BCUT2D eigenvalue weighted by atomic mass is 16.5. The Morgan fingerprint density at radius 3 is 3.06 bits per heavy atom. The van der Waals surface area contributed by atoms with Crippen molar-refractivity contribution >= 4 is 5.97 Å². The molecule has 92 valence electrons. The van der Waals surface area contributed by atoms with E-state index in [1.54, 1.807) is 0 Å². The van der Waals surface area contributed by atoms with Gasteiger partial charge in [-0.15, -0.1) is 0 Å². The minimum absolute atomic E-state index is 0.182. The van der Waals surface area contributed by atoms with Gasteiger partial charge in [0, 0.05) is 6.04 Å². The maximum atomic E-state index is 11.2. The van der Waals surface area contributed by atoms with Gasteiger partial charge in [-0.25, -0.2) is 0 Å². The number of carbonyl (C=O) groups excluding carboxylic acids is 1. The van der Waals surface area contributed by atoms with Crippen molar-refractivity contribution in [1.82, 2.24) is 5.32 Å². The van der Waals surface area contributed by atoms with E-state index in [0.29, 0.717) is 12.5 Å². The minimum atomic E-state index is -0.182. The van der Waals surface area contributed by atoms with Crippen molar-refractivity contribution in [3.8, 4) is 0 Å². The molecule has 0 unspecified atom stereocenters. The van der Waals surface area contributed by atoms with Crippen LogP contribution in [0.3, 0.4) is 0 Å². The van der Waals surface area contributed by atoms with Gasteiger partial charge in [-0.05, 0) is 30.5 Å². The van der Waals surface area contributed by atoms with E-state index in [9.17, 15) is 4.79 Å². The number of methoxy groups -OCH3 is 1. The molecule has 1 saturated heterocycles. The van der Waals surface area contributed by atoms with Gasteiger partial charge >= 0.3 is 5.97 Å². The van der Waals surface area contributed by atoms with Crippen molar-refractivity contribution in [2.24, 2.45) is 0 Å². The first-order valence-corrected chi connectivity index (χ1v) is 6.18. The highest BCUT2D eigenvalue weighted by molar-refractivity contribution is 5.72. The molecule has 0 saturated carbocycles. The summed E-state index contributed by atoms with van der Waals surface area (Å²) in [6.07, 6.45) is 4.08. The van der Waals surface area contributed by atoms with Gasteiger partial charge in [0.2, 0.25) is 0 Å². The number of rotatable bonds is 3. The van der Waals surface area contributed by atoms with Gasteiger partial charge in [-0.3, -0.25) is 4.79 Å². The fourth-order valence-electron chi connectivity index (χ4n) is 2.29. The predicted octanol–water partition coefficient (Wildman–Crippen LogP) is 2.22. The van der Waals surface area contributed by atoms with Crippen molar-refractivity contribution in [2.45, 2.75) is 31.7 Å². The molecule has 1 heterocycles. The topological polar surface area (TPSA) is 38.3 Å². The lowest BCUT2D eigenvalue weighted by atomic mass is 9.96. The number of hydrogen-bond acceptors (Lipinski definition) is 3. The van der Waals surface area contributed by atoms with Crippen LogP contribution in [0.5, 0.6) is 0 Å². The van der Waals surface area contributed by atoms with Crippen LogP contribution in [0.2, 0.25) is 0 Å². The first-order valence-electron chi connectivity index (χ1n) is 6.18. The van der Waals surface area contributed by atoms with Gasteiger partial charge in [0.1, 0.15) is 0 Å². The number of carbonyl (C=O) groups is 1. The van der Waals surface area contributed by atoms with Crippen LogP contribution in [0.15, 0.2) is 24.3 Å². The van der Waals surface area contributed by atoms with Crippen LogP contribution in [-0.4, -0.2) is 19.6 Å². The summed E-state index contributed by atoms with van der Waals surface area (Å²) >= 11 is 0. The second-order valence-electron chi connectivity index (χ2n) is 4.50. The molecule has 1 aromatic rings. The maximum Gasteiger partial charge on any atom is 0.309 e. The van der Waals surface area contributed by atoms with E-state index >= 15 is 0 Å². The number of ether oxygens (including phenoxy) is 1. The van der Waals surface area contributed by atoms with Gasteiger partial charge in [-0.1, -0.05) is 30.7 Å². The Morgan fingerprint density at radius 2 is 2.35 bits per heavy atom. The lowest BCUT2D eigenvalue weighted by Gasteiger charge is -2.24. The van der Waals surface area contributed by atoms with E-state index in [-0.39, 0.29) is 5.97 Å². The Labute approximate surface area is 102 Å². The van der Waals surface area contributed by atoms with Gasteiger partial charge in [0.15, 0.2) is 0 Å². The number of benzene rings is 1. The van der Waals surface area contributed by atoms with E-state index in [1.807, 2.05) is 12.1 Å². The van der Waals surface area contributed by atoms with Gasteiger partial charge in [-0.2, -0.15) is 0 Å². The van der Waals surface area contributed by atoms with Crippen LogP contribution in [0.25, 0.3) is 0 Å². The van der Waals surface area contributed by atoms with Crippen LogP contribution in [-0.2, 0) is 16.0 Å². The summed E-state index contributed by atoms with van der Waals surface area (Å²) in [6, 6.07) is 8.68. The highest BCUT2D eigenvalue weighted by Gasteiger charge is 2.15. The number of esters is 1. The Hall–Kier alpha value is -1.35. The molecule has 0 amide bonds. The molecule has 1 N–H and O–H groups in total. The first kappa shape index (κ1) is 12.1. The molecule has 1 aromatic carbocycles. The van der Waals surface area contributed by atoms with Crippen LogP contribution in [0, 0.1) is 0 Å². The van der Waals surface area contributed by atoms with Crippen LogP contribution < -0.4 is 5.32 Å². The molecule has 0 radical (unpaired) electrons. The molecule has 1 aliphatic heterocycles. The summed E-state index contributed by atoms with van der Waals surface area (Å²) in [5, 5.41) is 3.51. The monoisotopic (exact) mass is 233 g/mol. The van der Waals surface area contributed by atoms with Crippen LogP contribution in [0.1, 0.15) is 36.4 Å². The third kappa shape index (κ3) is 3.30. The molecule has 17 heavy (non-hydrogen) atoms. The molecule has 1 atom stereocenters. The second-order valence-corrected chi connectivity index (χ2v) is 4.50. The summed E-state index contributed by atoms with van der Waals surface area (Å²) in [5.41, 5.74) is 2.31. The highest BCUT2D eigenvalue weighted by Crippen LogP contribution is 2.23. The summed E-state index contributed by atoms with van der Waals surface area (Å²) in [7, 11) is 1.43. The molecule has 1 fully saturated rings. The van der Waals surface area contributed by atoms with Crippen molar-refractivity contribution in [1.29, 1.82) is 0 Å². The van der Waals surface area contributed by atoms with Crippen molar-refractivity contribution in [3.63, 3.8) is 0 Å². The smallest absolute Gasteiger partial charge is 0.309 e. The van der Waals surface area contributed by atoms with Crippen molar-refractivity contribution in [3.05, 3.63) is 35.4 Å². The third-order valence-corrected chi connectivity index (χ3v) is 3.24. The first-order chi connectivity index (χ1) is 8.29. The fraction of sp³-hybridized carbons (Fsp3) is 0.500. The summed E-state index contributed by atoms with van der Waals surface area (Å²) in [5.74, 6) is -0.182. The molecule has 0 bridgehead atoms. The zero-order chi connectivity index (χ0) is 12.1. The Bertz CT molecular complexity index is 384. The van der Waals surface area contributed by atoms with E-state index in [4.69, 9.17) is 0 Å². The molecule has 0 aliphatic carbocycles. The third-order valence-electron chi connectivity index (χ3n) is 3.24. The average molecular weight is 233 g/mol. The maximum absolute atomic E-state index is 11.2. The number of hydrogen-bond donors (Lipinski definition) is 1. The van der Waals surface area contributed by atoms with Crippen LogP contribution >= 0.6 is 0 Å². The van der Waals surface area contributed by atoms with E-state index in [2.05, 4.69) is 22.2 Å². The Balaban J connectivity index is 2.07. The molecule has 0 aromatic heterocycles. The van der Waals surface area contributed by atoms with E-state index in [0.717, 1.165) is 12.1 Å². The number of piperidine rings is 1. The standard InChI is InChI=1S/C14H19NO2/c1-17-14(16)10-11-5-4-6-12(9-11)13-7-2-3-8-15-13/h4-6,9,13,15H,2-3,7-8,10H2,1H3/t13-/m1/s1. The quantitative estimate of drug-likeness (QED) is 0.813. The summed E-state index contributed by atoms with van der Waals surface area (Å²) in [6.45, 7) is 1.09. The zero-order valence-corrected chi connectivity index (χ0v) is 10.2. The van der Waals surface area contributed by atoms with E-state index in [1.165, 1.54) is 31.9 Å². The molecular formula is C14H19NO2. The van der Waals surface area contributed by atoms with Gasteiger partial charge < -0.3 is 10.1 Å². The molecule has 3 nitrogen and oxygen atoms in total. The minimum Gasteiger partial charge on any atom is -0.469 e. The van der Waals surface area contributed by atoms with Gasteiger partial charge in [0.05, 0.1) is 13.5 Å². The van der Waals surface area contributed by atoms with Gasteiger partial charge in [0.25, 0.3) is 0 Å². The average Bonchev–Trinajstić information content (AvgIpc) is 2.40. The SMILES string of the molecule is COC(=O)Cc1cccc([C@H]2CCCCN2)c1. The zero-order valence-electron chi connectivity index (χ0n) is 10.2. The van der Waals surface area contributed by atoms with E-state index < -0.39 is 0 Å². The van der Waals surface area contributed by atoms with Crippen LogP contribution in [0.4, 0.5) is 0 Å². The lowest BCUT2D eigenvalue weighted by Crippen LogP contribution is -2.26. The molecular weight excluding hydrogens is 214 g/mol. The summed E-state index contributed by atoms with van der Waals surface area (Å²) in [4.78, 5) is 11.2. The second kappa shape index (κ2) is 5.82. The molecule has 1 aliphatic rings. The predicted molar refractivity (Wildman–Crippen MR) is 66.8 cm³/mol. The summed E-state index contributed by atoms with van der Waals surface area (Å²) < 4.78 is 4.68. The lowest BCUT2D eigenvalue weighted by molar-refractivity contribution is -0.139. The molecule has 3 heteroatoms.